The first-order valence-corrected chi connectivity index (χ1v) is 12.5. The summed E-state index contributed by atoms with van der Waals surface area (Å²) in [5.41, 5.74) is 2.84. The highest BCUT2D eigenvalue weighted by Crippen LogP contribution is 2.37. The van der Waals surface area contributed by atoms with Crippen LogP contribution in [0.15, 0.2) is 83.2 Å². The van der Waals surface area contributed by atoms with Crippen LogP contribution in [0.4, 0.5) is 15.8 Å². The number of ether oxygens (including phenoxy) is 2. The molecule has 1 amide bonds. The first-order chi connectivity index (χ1) is 18.4. The molecule has 1 aliphatic heterocycles. The van der Waals surface area contributed by atoms with E-state index in [1.165, 1.54) is 48.2 Å². The van der Waals surface area contributed by atoms with Crippen LogP contribution in [0.3, 0.4) is 0 Å². The van der Waals surface area contributed by atoms with Gasteiger partial charge in [-0.2, -0.15) is 0 Å². The van der Waals surface area contributed by atoms with Crippen molar-refractivity contribution in [3.63, 3.8) is 0 Å². The molecular formula is C28H24FN3O5S. The van der Waals surface area contributed by atoms with Crippen molar-refractivity contribution >= 4 is 40.3 Å². The van der Waals surface area contributed by atoms with Gasteiger partial charge in [0.1, 0.15) is 12.4 Å². The van der Waals surface area contributed by atoms with Crippen LogP contribution in [0.2, 0.25) is 0 Å². The normalized spacial score (nSPS) is 14.9. The first kappa shape index (κ1) is 26.6. The molecule has 0 atom stereocenters. The van der Waals surface area contributed by atoms with Crippen LogP contribution in [0, 0.1) is 15.9 Å². The number of nitrogens with one attached hydrogen (secondary N) is 1. The van der Waals surface area contributed by atoms with Crippen molar-refractivity contribution < 1.29 is 23.6 Å². The van der Waals surface area contributed by atoms with Gasteiger partial charge >= 0.3 is 0 Å². The molecule has 3 aromatic rings. The van der Waals surface area contributed by atoms with Crippen molar-refractivity contribution in [2.45, 2.75) is 20.0 Å². The van der Waals surface area contributed by atoms with E-state index >= 15 is 0 Å². The molecule has 1 saturated heterocycles. The van der Waals surface area contributed by atoms with Gasteiger partial charge in [-0.1, -0.05) is 6.08 Å². The molecule has 4 rings (SSSR count). The lowest BCUT2D eigenvalue weighted by atomic mass is 10.0. The van der Waals surface area contributed by atoms with Crippen LogP contribution in [0.5, 0.6) is 11.5 Å². The molecule has 0 unspecified atom stereocenters. The summed E-state index contributed by atoms with van der Waals surface area (Å²) in [6, 6.07) is 15.5. The topological polar surface area (TPSA) is 103 Å². The second kappa shape index (κ2) is 12.2. The number of carbonyl (C=O) groups is 1. The number of nitrogens with zero attached hydrogens (tertiary/aromatic N) is 2. The molecule has 10 heteroatoms. The quantitative estimate of drug-likeness (QED) is 0.141. The van der Waals surface area contributed by atoms with Gasteiger partial charge in [-0.15, -0.1) is 6.58 Å². The number of amidine groups is 1. The van der Waals surface area contributed by atoms with Crippen molar-refractivity contribution in [1.82, 2.24) is 5.32 Å². The number of non-ortho nitro benzene ring substituents is 1. The highest BCUT2D eigenvalue weighted by Gasteiger charge is 2.24. The van der Waals surface area contributed by atoms with E-state index in [-0.39, 0.29) is 24.0 Å². The Morgan fingerprint density at radius 1 is 1.13 bits per heavy atom. The Morgan fingerprint density at radius 2 is 1.87 bits per heavy atom. The van der Waals surface area contributed by atoms with Crippen molar-refractivity contribution in [3.8, 4) is 11.5 Å². The fourth-order valence-electron chi connectivity index (χ4n) is 3.63. The molecule has 0 aromatic heterocycles. The molecule has 1 heterocycles. The van der Waals surface area contributed by atoms with E-state index in [2.05, 4.69) is 16.9 Å². The number of thioether (sulfide) groups is 1. The Morgan fingerprint density at radius 3 is 2.53 bits per heavy atom. The summed E-state index contributed by atoms with van der Waals surface area (Å²) in [5.74, 6) is 0.384. The molecule has 0 aliphatic carbocycles. The molecule has 1 fully saturated rings. The van der Waals surface area contributed by atoms with E-state index in [1.807, 2.05) is 13.0 Å². The standard InChI is InChI=1S/C28H24FN3O5S/c1-3-5-20-14-19(16-25-27(33)31-28(38-25)30-22-10-8-21(29)9-11-22)15-24(36-4-2)26(20)37-17-18-6-12-23(13-7-18)32(34)35/h3,6-16H,1,4-5,17H2,2H3,(H,30,31,33)/b25-16+. The number of allylic oxidation sites excluding steroid dienone is 1. The van der Waals surface area contributed by atoms with Gasteiger partial charge in [-0.25, -0.2) is 9.38 Å². The molecule has 194 valence electrons. The predicted molar refractivity (Wildman–Crippen MR) is 146 cm³/mol. The second-order valence-corrected chi connectivity index (χ2v) is 9.13. The van der Waals surface area contributed by atoms with Gasteiger partial charge in [0, 0.05) is 17.7 Å². The van der Waals surface area contributed by atoms with E-state index in [4.69, 9.17) is 9.47 Å². The highest BCUT2D eigenvalue weighted by atomic mass is 32.2. The van der Waals surface area contributed by atoms with Crippen molar-refractivity contribution in [2.75, 3.05) is 6.61 Å². The molecule has 0 radical (unpaired) electrons. The number of aliphatic imine (C=N–C) groups is 1. The van der Waals surface area contributed by atoms with E-state index in [1.54, 1.807) is 30.4 Å². The summed E-state index contributed by atoms with van der Waals surface area (Å²) < 4.78 is 25.1. The maximum absolute atomic E-state index is 13.2. The van der Waals surface area contributed by atoms with Crippen LogP contribution in [-0.4, -0.2) is 22.6 Å². The zero-order valence-electron chi connectivity index (χ0n) is 20.5. The minimum atomic E-state index is -0.451. The van der Waals surface area contributed by atoms with Gasteiger partial charge in [0.2, 0.25) is 0 Å². The monoisotopic (exact) mass is 533 g/mol. The lowest BCUT2D eigenvalue weighted by Crippen LogP contribution is -2.19. The summed E-state index contributed by atoms with van der Waals surface area (Å²) in [6.45, 7) is 6.27. The molecule has 1 N–H and O–H groups in total. The minimum absolute atomic E-state index is 0.00757. The van der Waals surface area contributed by atoms with Gasteiger partial charge in [0.05, 0.1) is 22.1 Å². The van der Waals surface area contributed by atoms with Crippen molar-refractivity contribution in [3.05, 3.63) is 111 Å². The number of carbonyl (C=O) groups excluding carboxylic acids is 1. The summed E-state index contributed by atoms with van der Waals surface area (Å²) >= 11 is 1.18. The molecule has 0 saturated carbocycles. The largest absolute Gasteiger partial charge is 0.490 e. The summed E-state index contributed by atoms with van der Waals surface area (Å²) in [4.78, 5) is 27.9. The number of nitro benzene ring substituents is 1. The third-order valence-corrected chi connectivity index (χ3v) is 6.26. The van der Waals surface area contributed by atoms with Crippen LogP contribution in [0.1, 0.15) is 23.6 Å². The summed E-state index contributed by atoms with van der Waals surface area (Å²) in [7, 11) is 0. The minimum Gasteiger partial charge on any atom is -0.490 e. The average molecular weight is 534 g/mol. The number of hydrogen-bond acceptors (Lipinski definition) is 7. The molecule has 8 nitrogen and oxygen atoms in total. The Kier molecular flexibility index (Phi) is 8.55. The van der Waals surface area contributed by atoms with Crippen LogP contribution >= 0.6 is 11.8 Å². The predicted octanol–water partition coefficient (Wildman–Crippen LogP) is 6.33. The van der Waals surface area contributed by atoms with E-state index in [0.717, 1.165) is 16.7 Å². The van der Waals surface area contributed by atoms with Gasteiger partial charge in [-0.05, 0) is 90.8 Å². The second-order valence-electron chi connectivity index (χ2n) is 8.10. The maximum atomic E-state index is 13.2. The number of nitro groups is 1. The third-order valence-electron chi connectivity index (χ3n) is 5.35. The molecular weight excluding hydrogens is 509 g/mol. The van der Waals surface area contributed by atoms with Crippen molar-refractivity contribution in [1.29, 1.82) is 0 Å². The zero-order valence-corrected chi connectivity index (χ0v) is 21.3. The van der Waals surface area contributed by atoms with Gasteiger partial charge < -0.3 is 14.8 Å². The average Bonchev–Trinajstić information content (AvgIpc) is 3.23. The number of rotatable bonds is 10. The Labute approximate surface area is 223 Å². The SMILES string of the molecule is C=CCc1cc(/C=C2/SC(=Nc3ccc(F)cc3)NC2=O)cc(OCC)c1OCc1ccc([N+](=O)[O-])cc1. The summed E-state index contributed by atoms with van der Waals surface area (Å²) in [6.07, 6.45) is 3.97. The van der Waals surface area contributed by atoms with Crippen LogP contribution < -0.4 is 14.8 Å². The van der Waals surface area contributed by atoms with E-state index in [0.29, 0.717) is 40.3 Å². The number of hydrogen-bond donors (Lipinski definition) is 1. The van der Waals surface area contributed by atoms with Gasteiger partial charge in [0.25, 0.3) is 11.6 Å². The maximum Gasteiger partial charge on any atom is 0.269 e. The Bertz CT molecular complexity index is 1420. The Balaban J connectivity index is 1.59. The van der Waals surface area contributed by atoms with Crippen LogP contribution in [-0.2, 0) is 17.8 Å². The van der Waals surface area contributed by atoms with Crippen molar-refractivity contribution in [2.24, 2.45) is 4.99 Å². The number of amides is 1. The fraction of sp³-hybridized carbons (Fsp3) is 0.143. The fourth-order valence-corrected chi connectivity index (χ4v) is 4.48. The van der Waals surface area contributed by atoms with Gasteiger partial charge in [-0.3, -0.25) is 14.9 Å². The number of benzene rings is 3. The summed E-state index contributed by atoms with van der Waals surface area (Å²) in [5, 5.41) is 14.0. The third kappa shape index (κ3) is 6.65. The van der Waals surface area contributed by atoms with Crippen LogP contribution in [0.25, 0.3) is 6.08 Å². The van der Waals surface area contributed by atoms with Gasteiger partial charge in [0.15, 0.2) is 16.7 Å². The lowest BCUT2D eigenvalue weighted by Gasteiger charge is -2.17. The molecule has 38 heavy (non-hydrogen) atoms. The lowest BCUT2D eigenvalue weighted by molar-refractivity contribution is -0.384. The highest BCUT2D eigenvalue weighted by molar-refractivity contribution is 8.18. The molecule has 3 aromatic carbocycles. The van der Waals surface area contributed by atoms with E-state index < -0.39 is 4.92 Å². The first-order valence-electron chi connectivity index (χ1n) is 11.7. The Hall–Kier alpha value is -4.44. The smallest absolute Gasteiger partial charge is 0.269 e. The zero-order chi connectivity index (χ0) is 27.1. The number of halogens is 1. The molecule has 0 spiro atoms. The van der Waals surface area contributed by atoms with E-state index in [9.17, 15) is 19.3 Å². The molecule has 1 aliphatic rings. The molecule has 0 bridgehead atoms.